The van der Waals surface area contributed by atoms with Crippen LogP contribution in [0.15, 0.2) is 23.6 Å². The van der Waals surface area contributed by atoms with E-state index in [9.17, 15) is 23.2 Å². The van der Waals surface area contributed by atoms with Gasteiger partial charge in [0.1, 0.15) is 12.1 Å². The van der Waals surface area contributed by atoms with E-state index in [0.29, 0.717) is 24.1 Å². The Morgan fingerprint density at radius 2 is 1.97 bits per heavy atom. The molecular weight excluding hydrogens is 402 g/mol. The molecule has 1 spiro atoms. The zero-order valence-corrected chi connectivity index (χ0v) is 16.2. The minimum Gasteiger partial charge on any atom is -0.323 e. The predicted molar refractivity (Wildman–Crippen MR) is 102 cm³/mol. The van der Waals surface area contributed by atoms with E-state index in [0.717, 1.165) is 47.6 Å². The SMILES string of the molecule is O=C(CN1C(=O)NC2(CCCCC2)C1=O)Nc1nc(-c2ccc(F)c(F)c2)cs1. The molecule has 0 unspecified atom stereocenters. The van der Waals surface area contributed by atoms with Crippen LogP contribution in [0.5, 0.6) is 0 Å². The van der Waals surface area contributed by atoms with E-state index in [-0.39, 0.29) is 11.0 Å². The zero-order valence-electron chi connectivity index (χ0n) is 15.3. The average molecular weight is 420 g/mol. The largest absolute Gasteiger partial charge is 0.325 e. The Kier molecular flexibility index (Phi) is 5.03. The van der Waals surface area contributed by atoms with Crippen LogP contribution in [0.1, 0.15) is 32.1 Å². The molecule has 1 saturated heterocycles. The number of aromatic nitrogens is 1. The first-order valence-electron chi connectivity index (χ1n) is 9.23. The van der Waals surface area contributed by atoms with Crippen molar-refractivity contribution in [3.63, 3.8) is 0 Å². The monoisotopic (exact) mass is 420 g/mol. The number of carbonyl (C=O) groups is 3. The number of thiazole rings is 1. The molecule has 1 aliphatic carbocycles. The van der Waals surface area contributed by atoms with Gasteiger partial charge in [-0.25, -0.2) is 18.6 Å². The fraction of sp³-hybridized carbons (Fsp3) is 0.368. The Bertz CT molecular complexity index is 988. The molecule has 0 atom stereocenters. The number of rotatable bonds is 4. The molecule has 1 aromatic carbocycles. The summed E-state index contributed by atoms with van der Waals surface area (Å²) >= 11 is 1.10. The molecule has 1 aliphatic heterocycles. The number of urea groups is 1. The molecule has 1 saturated carbocycles. The van der Waals surface area contributed by atoms with Crippen LogP contribution in [0.3, 0.4) is 0 Å². The second-order valence-electron chi connectivity index (χ2n) is 7.18. The van der Waals surface area contributed by atoms with Gasteiger partial charge in [-0.15, -0.1) is 11.3 Å². The Morgan fingerprint density at radius 1 is 1.21 bits per heavy atom. The molecule has 7 nitrogen and oxygen atoms in total. The third-order valence-electron chi connectivity index (χ3n) is 5.22. The maximum absolute atomic E-state index is 13.4. The standard InChI is InChI=1S/C19H18F2N4O3S/c20-12-5-4-11(8-13(12)21)14-10-29-17(22-14)23-15(26)9-25-16(27)19(24-18(25)28)6-2-1-3-7-19/h4-5,8,10H,1-3,6-7,9H2,(H,24,28)(H,22,23,26). The van der Waals surface area contributed by atoms with Crippen LogP contribution in [-0.4, -0.2) is 39.8 Å². The smallest absolute Gasteiger partial charge is 0.323 e. The molecule has 4 rings (SSSR count). The predicted octanol–water partition coefficient (Wildman–Crippen LogP) is 3.28. The number of anilines is 1. The first-order valence-corrected chi connectivity index (χ1v) is 10.1. The highest BCUT2D eigenvalue weighted by Crippen LogP contribution is 2.33. The van der Waals surface area contributed by atoms with E-state index in [4.69, 9.17) is 0 Å². The highest BCUT2D eigenvalue weighted by molar-refractivity contribution is 7.14. The summed E-state index contributed by atoms with van der Waals surface area (Å²) < 4.78 is 26.5. The summed E-state index contributed by atoms with van der Waals surface area (Å²) in [4.78, 5) is 42.4. The molecule has 0 bridgehead atoms. The van der Waals surface area contributed by atoms with E-state index in [2.05, 4.69) is 15.6 Å². The molecule has 2 fully saturated rings. The molecule has 2 heterocycles. The Balaban J connectivity index is 1.41. The van der Waals surface area contributed by atoms with Gasteiger partial charge in [-0.05, 0) is 31.0 Å². The van der Waals surface area contributed by atoms with Crippen LogP contribution in [0.2, 0.25) is 0 Å². The summed E-state index contributed by atoms with van der Waals surface area (Å²) in [5.74, 6) is -2.87. The van der Waals surface area contributed by atoms with Crippen LogP contribution in [0.4, 0.5) is 18.7 Å². The van der Waals surface area contributed by atoms with Crippen molar-refractivity contribution in [2.45, 2.75) is 37.6 Å². The molecule has 4 amide bonds. The second kappa shape index (κ2) is 7.51. The lowest BCUT2D eigenvalue weighted by molar-refractivity contribution is -0.134. The molecular formula is C19H18F2N4O3S. The summed E-state index contributed by atoms with van der Waals surface area (Å²) in [6, 6.07) is 2.85. The maximum Gasteiger partial charge on any atom is 0.325 e. The highest BCUT2D eigenvalue weighted by atomic mass is 32.1. The summed E-state index contributed by atoms with van der Waals surface area (Å²) in [7, 11) is 0. The van der Waals surface area contributed by atoms with Gasteiger partial charge in [0.25, 0.3) is 5.91 Å². The van der Waals surface area contributed by atoms with Crippen molar-refractivity contribution < 1.29 is 23.2 Å². The first-order chi connectivity index (χ1) is 13.9. The summed E-state index contributed by atoms with van der Waals surface area (Å²) in [5, 5.41) is 7.12. The molecule has 1 aromatic heterocycles. The number of hydrogen-bond donors (Lipinski definition) is 2. The van der Waals surface area contributed by atoms with Crippen molar-refractivity contribution in [2.24, 2.45) is 0 Å². The number of benzene rings is 1. The molecule has 29 heavy (non-hydrogen) atoms. The van der Waals surface area contributed by atoms with Gasteiger partial charge in [0, 0.05) is 10.9 Å². The van der Waals surface area contributed by atoms with Gasteiger partial charge in [-0.3, -0.25) is 14.5 Å². The fourth-order valence-electron chi connectivity index (χ4n) is 3.74. The average Bonchev–Trinajstić information content (AvgIpc) is 3.24. The summed E-state index contributed by atoms with van der Waals surface area (Å²) in [6.45, 7) is -0.410. The van der Waals surface area contributed by atoms with Crippen LogP contribution < -0.4 is 10.6 Å². The number of nitrogens with zero attached hydrogens (tertiary/aromatic N) is 2. The van der Waals surface area contributed by atoms with Crippen LogP contribution in [-0.2, 0) is 9.59 Å². The first kappa shape index (κ1) is 19.4. The van der Waals surface area contributed by atoms with Crippen LogP contribution in [0.25, 0.3) is 11.3 Å². The number of carbonyl (C=O) groups excluding carboxylic acids is 3. The van der Waals surface area contributed by atoms with Crippen molar-refractivity contribution in [1.29, 1.82) is 0 Å². The number of halogens is 2. The lowest BCUT2D eigenvalue weighted by Gasteiger charge is -2.30. The molecule has 2 aliphatic rings. The van der Waals surface area contributed by atoms with Crippen molar-refractivity contribution in [3.8, 4) is 11.3 Å². The Hall–Kier alpha value is -2.88. The molecule has 2 N–H and O–H groups in total. The second-order valence-corrected chi connectivity index (χ2v) is 8.04. The van der Waals surface area contributed by atoms with Crippen LogP contribution >= 0.6 is 11.3 Å². The molecule has 152 valence electrons. The van der Waals surface area contributed by atoms with Crippen molar-refractivity contribution >= 4 is 34.3 Å². The van der Waals surface area contributed by atoms with Gasteiger partial charge in [0.15, 0.2) is 16.8 Å². The van der Waals surface area contributed by atoms with E-state index < -0.39 is 35.7 Å². The number of amides is 4. The number of hydrogen-bond acceptors (Lipinski definition) is 5. The van der Waals surface area contributed by atoms with Gasteiger partial charge < -0.3 is 10.6 Å². The van der Waals surface area contributed by atoms with E-state index in [1.54, 1.807) is 5.38 Å². The van der Waals surface area contributed by atoms with Gasteiger partial charge in [-0.2, -0.15) is 0 Å². The van der Waals surface area contributed by atoms with Crippen LogP contribution in [0, 0.1) is 11.6 Å². The number of nitrogens with one attached hydrogen (secondary N) is 2. The van der Waals surface area contributed by atoms with Gasteiger partial charge in [0.2, 0.25) is 5.91 Å². The third kappa shape index (κ3) is 3.71. The summed E-state index contributed by atoms with van der Waals surface area (Å²) in [5.41, 5.74) is -0.134. The normalized spacial score (nSPS) is 18.2. The van der Waals surface area contributed by atoms with Crippen molar-refractivity contribution in [2.75, 3.05) is 11.9 Å². The van der Waals surface area contributed by atoms with Gasteiger partial charge in [-0.1, -0.05) is 19.3 Å². The number of imide groups is 1. The fourth-order valence-corrected chi connectivity index (χ4v) is 4.47. The molecule has 2 aromatic rings. The molecule has 0 radical (unpaired) electrons. The molecule has 10 heteroatoms. The lowest BCUT2D eigenvalue weighted by atomic mass is 9.82. The van der Waals surface area contributed by atoms with Crippen molar-refractivity contribution in [1.82, 2.24) is 15.2 Å². The maximum atomic E-state index is 13.4. The minimum absolute atomic E-state index is 0.231. The van der Waals surface area contributed by atoms with E-state index >= 15 is 0 Å². The zero-order chi connectivity index (χ0) is 20.6. The van der Waals surface area contributed by atoms with Crippen molar-refractivity contribution in [3.05, 3.63) is 35.2 Å². The Labute approximate surface area is 169 Å². The van der Waals surface area contributed by atoms with E-state index in [1.807, 2.05) is 0 Å². The van der Waals surface area contributed by atoms with Gasteiger partial charge >= 0.3 is 6.03 Å². The third-order valence-corrected chi connectivity index (χ3v) is 5.98. The topological polar surface area (TPSA) is 91.4 Å². The highest BCUT2D eigenvalue weighted by Gasteiger charge is 2.51. The minimum atomic E-state index is -0.990. The Morgan fingerprint density at radius 3 is 2.69 bits per heavy atom. The quantitative estimate of drug-likeness (QED) is 0.743. The van der Waals surface area contributed by atoms with E-state index in [1.165, 1.54) is 6.07 Å². The lowest BCUT2D eigenvalue weighted by Crippen LogP contribution is -2.48. The summed E-state index contributed by atoms with van der Waals surface area (Å²) in [6.07, 6.45) is 3.91. The van der Waals surface area contributed by atoms with Gasteiger partial charge in [0.05, 0.1) is 5.69 Å².